The molecule has 0 aliphatic carbocycles. The van der Waals surface area contributed by atoms with Crippen molar-refractivity contribution in [2.45, 2.75) is 71.6 Å². The molecule has 0 amide bonds. The molecule has 0 saturated heterocycles. The maximum Gasteiger partial charge on any atom is 0.137 e. The molecular formula is C45H44O2. The Bertz CT molecular complexity index is 1790. The zero-order chi connectivity index (χ0) is 32.0. The van der Waals surface area contributed by atoms with Crippen LogP contribution in [0, 0.1) is 0 Å². The Balaban J connectivity index is 1.24. The summed E-state index contributed by atoms with van der Waals surface area (Å²) in [6.45, 7) is 4.49. The van der Waals surface area contributed by atoms with Crippen molar-refractivity contribution in [3.05, 3.63) is 143 Å². The second-order valence-electron chi connectivity index (χ2n) is 13.0. The van der Waals surface area contributed by atoms with Crippen molar-refractivity contribution in [2.24, 2.45) is 0 Å². The third-order valence-corrected chi connectivity index (χ3v) is 9.44. The molecular weight excluding hydrogens is 572 g/mol. The fraction of sp³-hybridized carbons (Fsp3) is 0.244. The quantitative estimate of drug-likeness (QED) is 0.186. The molecule has 0 N–H and O–H groups in total. The van der Waals surface area contributed by atoms with Crippen LogP contribution in [0.5, 0.6) is 0 Å². The van der Waals surface area contributed by atoms with E-state index in [0.717, 1.165) is 114 Å². The van der Waals surface area contributed by atoms with Gasteiger partial charge in [-0.3, -0.25) is 0 Å². The molecule has 7 aliphatic rings. The van der Waals surface area contributed by atoms with Crippen molar-refractivity contribution in [2.75, 3.05) is 0 Å². The first-order chi connectivity index (χ1) is 23.2. The van der Waals surface area contributed by atoms with E-state index in [0.29, 0.717) is 0 Å². The number of furan rings is 2. The summed E-state index contributed by atoms with van der Waals surface area (Å²) in [6, 6.07) is 39.9. The van der Waals surface area contributed by atoms with Crippen molar-refractivity contribution in [1.82, 2.24) is 0 Å². The van der Waals surface area contributed by atoms with E-state index in [2.05, 4.69) is 135 Å². The fourth-order valence-electron chi connectivity index (χ4n) is 6.59. The van der Waals surface area contributed by atoms with E-state index in [1.54, 1.807) is 0 Å². The smallest absolute Gasteiger partial charge is 0.137 e. The summed E-state index contributed by atoms with van der Waals surface area (Å²) in [4.78, 5) is 0. The summed E-state index contributed by atoms with van der Waals surface area (Å²) in [5, 5.41) is 0. The van der Waals surface area contributed by atoms with Gasteiger partial charge in [-0.25, -0.2) is 0 Å². The summed E-state index contributed by atoms with van der Waals surface area (Å²) < 4.78 is 13.2. The Morgan fingerprint density at radius 1 is 0.468 bits per heavy atom. The van der Waals surface area contributed by atoms with Crippen LogP contribution in [0.25, 0.3) is 57.4 Å². The number of rotatable bonds is 6. The summed E-state index contributed by atoms with van der Waals surface area (Å²) in [6.07, 6.45) is 14.2. The van der Waals surface area contributed by atoms with Crippen LogP contribution in [-0.2, 0) is 25.7 Å². The highest BCUT2D eigenvalue weighted by Gasteiger charge is 2.16. The normalized spacial score (nSPS) is 13.3. The second kappa shape index (κ2) is 14.3. The molecule has 12 bridgehead atoms. The molecule has 0 atom stereocenters. The van der Waals surface area contributed by atoms with Crippen LogP contribution in [0.2, 0.25) is 0 Å². The standard InChI is InChI=1S/C45H44O2/c1-3-5-10-40-30-42-36-22-14-34(15-23-36)12-13-35-16-24-37(25-17-35)43-31-41(11-6-4-2)45(47-43)39-28-20-33(21-29-39)9-7-8-32-18-26-38(27-19-32)44(40)46-42/h12-31H,3-11H2,1-2H3/b13-12-. The first-order valence-corrected chi connectivity index (χ1v) is 17.5. The van der Waals surface area contributed by atoms with E-state index in [1.165, 1.54) is 22.3 Å². The van der Waals surface area contributed by atoms with Crippen LogP contribution in [0.4, 0.5) is 0 Å². The summed E-state index contributed by atoms with van der Waals surface area (Å²) >= 11 is 0. The van der Waals surface area contributed by atoms with Crippen LogP contribution in [0.3, 0.4) is 0 Å². The molecule has 2 aromatic heterocycles. The van der Waals surface area contributed by atoms with Gasteiger partial charge in [0, 0.05) is 22.3 Å². The van der Waals surface area contributed by atoms with Crippen LogP contribution in [0.1, 0.15) is 79.3 Å². The Hall–Kier alpha value is -4.82. The van der Waals surface area contributed by atoms with Crippen molar-refractivity contribution in [1.29, 1.82) is 0 Å². The fourth-order valence-corrected chi connectivity index (χ4v) is 6.59. The van der Waals surface area contributed by atoms with Gasteiger partial charge in [-0.05, 0) is 90.5 Å². The molecule has 0 radical (unpaired) electrons. The van der Waals surface area contributed by atoms with Gasteiger partial charge < -0.3 is 8.83 Å². The summed E-state index contributed by atoms with van der Waals surface area (Å²) in [5.74, 6) is 3.88. The molecule has 0 saturated carbocycles. The van der Waals surface area contributed by atoms with E-state index in [1.807, 2.05) is 0 Å². The number of aryl methyl sites for hydroxylation is 4. The highest BCUT2D eigenvalue weighted by molar-refractivity contribution is 5.75. The van der Waals surface area contributed by atoms with Crippen LogP contribution in [-0.4, -0.2) is 0 Å². The molecule has 9 heterocycles. The molecule has 7 aliphatic heterocycles. The molecule has 47 heavy (non-hydrogen) atoms. The predicted octanol–water partition coefficient (Wildman–Crippen LogP) is 12.9. The van der Waals surface area contributed by atoms with Gasteiger partial charge in [-0.1, -0.05) is 136 Å². The zero-order valence-corrected chi connectivity index (χ0v) is 27.7. The lowest BCUT2D eigenvalue weighted by molar-refractivity contribution is 0.592. The van der Waals surface area contributed by atoms with Crippen LogP contribution >= 0.6 is 0 Å². The lowest BCUT2D eigenvalue weighted by atomic mass is 9.99. The Morgan fingerprint density at radius 2 is 0.851 bits per heavy atom. The minimum absolute atomic E-state index is 0.934. The van der Waals surface area contributed by atoms with E-state index in [4.69, 9.17) is 8.83 Å². The first-order valence-electron chi connectivity index (χ1n) is 17.5. The van der Waals surface area contributed by atoms with Crippen molar-refractivity contribution in [3.8, 4) is 45.3 Å². The minimum Gasteiger partial charge on any atom is -0.456 e. The van der Waals surface area contributed by atoms with Gasteiger partial charge in [0.1, 0.15) is 23.0 Å². The molecule has 236 valence electrons. The Kier molecular flexibility index (Phi) is 9.38. The minimum atomic E-state index is 0.934. The zero-order valence-electron chi connectivity index (χ0n) is 27.7. The monoisotopic (exact) mass is 616 g/mol. The van der Waals surface area contributed by atoms with Crippen molar-refractivity contribution < 1.29 is 8.83 Å². The topological polar surface area (TPSA) is 26.3 Å². The van der Waals surface area contributed by atoms with Gasteiger partial charge in [0.15, 0.2) is 0 Å². The molecule has 2 nitrogen and oxygen atoms in total. The third-order valence-electron chi connectivity index (χ3n) is 9.44. The molecule has 2 heteroatoms. The average Bonchev–Trinajstić information content (AvgIpc) is 3.75. The van der Waals surface area contributed by atoms with Gasteiger partial charge in [0.25, 0.3) is 0 Å². The third kappa shape index (κ3) is 7.13. The molecule has 0 unspecified atom stereocenters. The highest BCUT2D eigenvalue weighted by atomic mass is 16.3. The molecule has 13 rings (SSSR count). The highest BCUT2D eigenvalue weighted by Crippen LogP contribution is 2.36. The van der Waals surface area contributed by atoms with Crippen molar-refractivity contribution >= 4 is 12.2 Å². The first kappa shape index (κ1) is 30.8. The average molecular weight is 617 g/mol. The molecule has 4 aromatic carbocycles. The van der Waals surface area contributed by atoms with Gasteiger partial charge in [0.05, 0.1) is 0 Å². The largest absolute Gasteiger partial charge is 0.456 e. The predicted molar refractivity (Wildman–Crippen MR) is 197 cm³/mol. The Labute approximate surface area is 279 Å². The Morgan fingerprint density at radius 3 is 1.23 bits per heavy atom. The maximum atomic E-state index is 6.58. The number of hydrogen-bond acceptors (Lipinski definition) is 2. The van der Waals surface area contributed by atoms with Gasteiger partial charge in [-0.2, -0.15) is 0 Å². The number of unbranched alkanes of at least 4 members (excludes halogenated alkanes) is 2. The van der Waals surface area contributed by atoms with E-state index in [9.17, 15) is 0 Å². The SMILES string of the molecule is CCCCc1cc2oc1-c1ccc(cc1)CCCc1ccc(cc1)-c1oc(cc1CCCC)-c1ccc(cc1)/C=C\c1ccc-2cc1. The second-order valence-corrected chi connectivity index (χ2v) is 13.0. The van der Waals surface area contributed by atoms with Gasteiger partial charge in [0.2, 0.25) is 0 Å². The van der Waals surface area contributed by atoms with Crippen LogP contribution in [0.15, 0.2) is 118 Å². The number of hydrogen-bond donors (Lipinski definition) is 0. The molecule has 6 aromatic rings. The molecule has 0 spiro atoms. The van der Waals surface area contributed by atoms with Crippen LogP contribution < -0.4 is 0 Å². The number of benzene rings is 4. The van der Waals surface area contributed by atoms with E-state index >= 15 is 0 Å². The summed E-state index contributed by atoms with van der Waals surface area (Å²) in [7, 11) is 0. The van der Waals surface area contributed by atoms with E-state index in [-0.39, 0.29) is 0 Å². The van der Waals surface area contributed by atoms with Crippen molar-refractivity contribution in [3.63, 3.8) is 0 Å². The lowest BCUT2D eigenvalue weighted by Crippen LogP contribution is -1.92. The molecule has 0 fully saturated rings. The van der Waals surface area contributed by atoms with Gasteiger partial charge in [-0.15, -0.1) is 0 Å². The summed E-state index contributed by atoms with van der Waals surface area (Å²) in [5.41, 5.74) is 12.2. The van der Waals surface area contributed by atoms with E-state index < -0.39 is 0 Å². The van der Waals surface area contributed by atoms with Gasteiger partial charge >= 0.3 is 0 Å². The lowest BCUT2D eigenvalue weighted by Gasteiger charge is -2.07. The maximum absolute atomic E-state index is 6.58.